The van der Waals surface area contributed by atoms with Crippen LogP contribution in [0.2, 0.25) is 0 Å². The largest absolute Gasteiger partial charge is 0.378 e. The lowest BCUT2D eigenvalue weighted by molar-refractivity contribution is -0.120. The lowest BCUT2D eigenvalue weighted by Crippen LogP contribution is -2.29. The fraction of sp³-hybridized carbons (Fsp3) is 0.571. The average molecular weight is 268 g/mol. The molecule has 0 aromatic heterocycles. The number of rotatable bonds is 10. The summed E-state index contributed by atoms with van der Waals surface area (Å²) >= 11 is 0. The van der Waals surface area contributed by atoms with Gasteiger partial charge in [-0.3, -0.25) is 9.59 Å². The highest BCUT2D eigenvalue weighted by molar-refractivity contribution is 5.87. The van der Waals surface area contributed by atoms with Gasteiger partial charge in [0.1, 0.15) is 0 Å². The van der Waals surface area contributed by atoms with Gasteiger partial charge in [-0.2, -0.15) is 0 Å². The van der Waals surface area contributed by atoms with Crippen molar-refractivity contribution in [2.45, 2.75) is 26.7 Å². The summed E-state index contributed by atoms with van der Waals surface area (Å²) < 4.78 is 5.27. The van der Waals surface area contributed by atoms with Crippen LogP contribution in [0.25, 0.3) is 0 Å². The van der Waals surface area contributed by atoms with E-state index in [2.05, 4.69) is 10.6 Å². The van der Waals surface area contributed by atoms with Gasteiger partial charge in [0, 0.05) is 19.5 Å². The molecule has 2 amide bonds. The van der Waals surface area contributed by atoms with Gasteiger partial charge in [0.25, 0.3) is 0 Å². The zero-order valence-corrected chi connectivity index (χ0v) is 11.8. The van der Waals surface area contributed by atoms with Crippen LogP contribution in [0.1, 0.15) is 26.7 Å². The van der Waals surface area contributed by atoms with Crippen molar-refractivity contribution in [1.29, 1.82) is 0 Å². The van der Waals surface area contributed by atoms with E-state index in [0.717, 1.165) is 6.42 Å². The number of amides is 2. The number of carbonyl (C=O) groups excluding carboxylic acids is 2. The Hall–Kier alpha value is -1.62. The molecule has 108 valence electrons. The van der Waals surface area contributed by atoms with Crippen molar-refractivity contribution in [3.63, 3.8) is 0 Å². The van der Waals surface area contributed by atoms with E-state index in [1.165, 1.54) is 6.08 Å². The highest BCUT2D eigenvalue weighted by Crippen LogP contribution is 1.86. The summed E-state index contributed by atoms with van der Waals surface area (Å²) in [5, 5.41) is 5.42. The van der Waals surface area contributed by atoms with Crippen molar-refractivity contribution >= 4 is 11.8 Å². The highest BCUT2D eigenvalue weighted by atomic mass is 16.5. The highest BCUT2D eigenvalue weighted by Gasteiger charge is 1.97. The number of hydrogen-bond acceptors (Lipinski definition) is 3. The number of carbonyl (C=O) groups is 2. The maximum Gasteiger partial charge on any atom is 0.243 e. The van der Waals surface area contributed by atoms with Crippen LogP contribution in [0, 0.1) is 0 Å². The zero-order valence-electron chi connectivity index (χ0n) is 11.8. The summed E-state index contributed by atoms with van der Waals surface area (Å²) in [5.41, 5.74) is 0. The Bertz CT molecular complexity index is 312. The van der Waals surface area contributed by atoms with Crippen LogP contribution in [-0.4, -0.2) is 38.1 Å². The van der Waals surface area contributed by atoms with Crippen LogP contribution < -0.4 is 10.6 Å². The standard InChI is InChI=1S/C14H24N2O3/c1-3-5-6-8-14(18)16-10-12-19-11-9-15-13(17)7-4-2/h4-7H,3,8-12H2,1-2H3,(H,15,17)(H,16,18)/b6-5-,7-4+. The molecule has 0 heterocycles. The molecule has 0 saturated heterocycles. The van der Waals surface area contributed by atoms with E-state index >= 15 is 0 Å². The van der Waals surface area contributed by atoms with Gasteiger partial charge in [-0.25, -0.2) is 0 Å². The molecule has 19 heavy (non-hydrogen) atoms. The van der Waals surface area contributed by atoms with Crippen molar-refractivity contribution < 1.29 is 14.3 Å². The SMILES string of the molecule is C/C=C/C(=O)NCCOCCNC(=O)C/C=C\CC. The molecule has 0 aliphatic rings. The van der Waals surface area contributed by atoms with Gasteiger partial charge in [-0.05, 0) is 19.4 Å². The molecule has 0 aliphatic carbocycles. The Labute approximate surface area is 115 Å². The Balaban J connectivity index is 3.33. The van der Waals surface area contributed by atoms with Crippen LogP contribution in [0.3, 0.4) is 0 Å². The van der Waals surface area contributed by atoms with Gasteiger partial charge in [0.15, 0.2) is 0 Å². The Morgan fingerprint density at radius 1 is 1.11 bits per heavy atom. The van der Waals surface area contributed by atoms with Gasteiger partial charge in [-0.15, -0.1) is 0 Å². The van der Waals surface area contributed by atoms with E-state index in [9.17, 15) is 9.59 Å². The number of ether oxygens (including phenoxy) is 1. The predicted octanol–water partition coefficient (Wildman–Crippen LogP) is 1.17. The third-order valence-electron chi connectivity index (χ3n) is 2.14. The van der Waals surface area contributed by atoms with Crippen LogP contribution in [-0.2, 0) is 14.3 Å². The molecule has 0 aromatic rings. The number of nitrogens with one attached hydrogen (secondary N) is 2. The van der Waals surface area contributed by atoms with E-state index in [0.29, 0.717) is 32.7 Å². The van der Waals surface area contributed by atoms with Crippen LogP contribution >= 0.6 is 0 Å². The molecule has 5 nitrogen and oxygen atoms in total. The second-order valence-electron chi connectivity index (χ2n) is 3.84. The average Bonchev–Trinajstić information content (AvgIpc) is 2.38. The monoisotopic (exact) mass is 268 g/mol. The fourth-order valence-electron chi connectivity index (χ4n) is 1.25. The predicted molar refractivity (Wildman–Crippen MR) is 75.7 cm³/mol. The molecule has 0 saturated carbocycles. The van der Waals surface area contributed by atoms with Gasteiger partial charge in [-0.1, -0.05) is 25.2 Å². The molecule has 0 spiro atoms. The van der Waals surface area contributed by atoms with Crippen molar-refractivity contribution in [2.24, 2.45) is 0 Å². The van der Waals surface area contributed by atoms with Gasteiger partial charge in [0.2, 0.25) is 11.8 Å². The molecule has 5 heteroatoms. The topological polar surface area (TPSA) is 67.4 Å². The first-order valence-corrected chi connectivity index (χ1v) is 6.60. The van der Waals surface area contributed by atoms with Crippen LogP contribution in [0.5, 0.6) is 0 Å². The first-order chi connectivity index (χ1) is 9.20. The first kappa shape index (κ1) is 17.4. The number of hydrogen-bond donors (Lipinski definition) is 2. The lowest BCUT2D eigenvalue weighted by atomic mass is 10.3. The molecule has 0 bridgehead atoms. The molecule has 0 unspecified atom stereocenters. The summed E-state index contributed by atoms with van der Waals surface area (Å²) in [7, 11) is 0. The van der Waals surface area contributed by atoms with Crippen molar-refractivity contribution in [2.75, 3.05) is 26.3 Å². The van der Waals surface area contributed by atoms with E-state index in [4.69, 9.17) is 4.74 Å². The molecule has 0 atom stereocenters. The van der Waals surface area contributed by atoms with Crippen molar-refractivity contribution in [3.05, 3.63) is 24.3 Å². The molecular weight excluding hydrogens is 244 g/mol. The summed E-state index contributed by atoms with van der Waals surface area (Å²) in [5.74, 6) is -0.128. The quantitative estimate of drug-likeness (QED) is 0.355. The molecular formula is C14H24N2O3. The maximum absolute atomic E-state index is 11.3. The van der Waals surface area contributed by atoms with Gasteiger partial charge >= 0.3 is 0 Å². The Kier molecular flexibility index (Phi) is 11.7. The van der Waals surface area contributed by atoms with E-state index < -0.39 is 0 Å². The van der Waals surface area contributed by atoms with Gasteiger partial charge in [0.05, 0.1) is 13.2 Å². The second-order valence-corrected chi connectivity index (χ2v) is 3.84. The summed E-state index contributed by atoms with van der Waals surface area (Å²) in [6, 6.07) is 0. The normalized spacial score (nSPS) is 11.1. The van der Waals surface area contributed by atoms with Gasteiger partial charge < -0.3 is 15.4 Å². The Morgan fingerprint density at radius 3 is 2.42 bits per heavy atom. The minimum absolute atomic E-state index is 0.00492. The van der Waals surface area contributed by atoms with E-state index in [-0.39, 0.29) is 11.8 Å². The number of allylic oxidation sites excluding steroid dienone is 2. The summed E-state index contributed by atoms with van der Waals surface area (Å²) in [6.45, 7) is 5.65. The lowest BCUT2D eigenvalue weighted by Gasteiger charge is -2.06. The molecule has 0 radical (unpaired) electrons. The minimum atomic E-state index is -0.123. The third kappa shape index (κ3) is 12.6. The molecule has 0 rings (SSSR count). The smallest absolute Gasteiger partial charge is 0.243 e. The van der Waals surface area contributed by atoms with Crippen LogP contribution in [0.4, 0.5) is 0 Å². The zero-order chi connectivity index (χ0) is 14.3. The van der Waals surface area contributed by atoms with Crippen molar-refractivity contribution in [3.8, 4) is 0 Å². The summed E-state index contributed by atoms with van der Waals surface area (Å²) in [6.07, 6.45) is 8.31. The second kappa shape index (κ2) is 12.8. The van der Waals surface area contributed by atoms with E-state index in [1.807, 2.05) is 19.1 Å². The van der Waals surface area contributed by atoms with Crippen LogP contribution in [0.15, 0.2) is 24.3 Å². The fourth-order valence-corrected chi connectivity index (χ4v) is 1.25. The van der Waals surface area contributed by atoms with Crippen molar-refractivity contribution in [1.82, 2.24) is 10.6 Å². The maximum atomic E-state index is 11.3. The first-order valence-electron chi connectivity index (χ1n) is 6.60. The molecule has 0 fully saturated rings. The molecule has 0 aromatic carbocycles. The van der Waals surface area contributed by atoms with E-state index in [1.54, 1.807) is 13.0 Å². The summed E-state index contributed by atoms with van der Waals surface area (Å²) in [4.78, 5) is 22.3. The Morgan fingerprint density at radius 2 is 1.79 bits per heavy atom. The third-order valence-corrected chi connectivity index (χ3v) is 2.14. The molecule has 2 N–H and O–H groups in total. The minimum Gasteiger partial charge on any atom is -0.378 e. The molecule has 0 aliphatic heterocycles.